The molecule has 0 aromatic heterocycles. The van der Waals surface area contributed by atoms with Crippen LogP contribution in [-0.2, 0) is 19.6 Å². The molecule has 128 valence electrons. The van der Waals surface area contributed by atoms with Gasteiger partial charge in [0.25, 0.3) is 0 Å². The van der Waals surface area contributed by atoms with Crippen molar-refractivity contribution in [2.24, 2.45) is 5.92 Å². The number of nitrogens with one attached hydrogen (secondary N) is 1. The summed E-state index contributed by atoms with van der Waals surface area (Å²) in [6.07, 6.45) is 0.194. The molecule has 1 aromatic carbocycles. The zero-order valence-electron chi connectivity index (χ0n) is 13.6. The quantitative estimate of drug-likeness (QED) is 0.780. The molecular weight excluding hydrogens is 320 g/mol. The Bertz CT molecular complexity index is 668. The van der Waals surface area contributed by atoms with Crippen molar-refractivity contribution in [2.45, 2.75) is 38.1 Å². The summed E-state index contributed by atoms with van der Waals surface area (Å²) >= 11 is 0. The Morgan fingerprint density at radius 3 is 2.13 bits per heavy atom. The third kappa shape index (κ3) is 5.33. The Hall–Kier alpha value is -1.93. The molecule has 0 saturated carbocycles. The Morgan fingerprint density at radius 1 is 1.22 bits per heavy atom. The van der Waals surface area contributed by atoms with E-state index < -0.39 is 22.0 Å². The number of anilines is 1. The average molecular weight is 342 g/mol. The van der Waals surface area contributed by atoms with Crippen molar-refractivity contribution >= 4 is 27.6 Å². The molecule has 2 N–H and O–H groups in total. The van der Waals surface area contributed by atoms with Crippen molar-refractivity contribution in [2.75, 3.05) is 11.9 Å². The molecular formula is C15H22N2O5S. The molecule has 1 atom stereocenters. The van der Waals surface area contributed by atoms with Gasteiger partial charge < -0.3 is 10.0 Å². The number of nitrogens with zero attached hydrogens (tertiary/aromatic N) is 1. The fourth-order valence-corrected chi connectivity index (χ4v) is 3.16. The van der Waals surface area contributed by atoms with Gasteiger partial charge in [-0.3, -0.25) is 9.59 Å². The first kappa shape index (κ1) is 19.1. The molecule has 0 heterocycles. The van der Waals surface area contributed by atoms with Crippen molar-refractivity contribution in [3.05, 3.63) is 24.3 Å². The predicted molar refractivity (Wildman–Crippen MR) is 86.7 cm³/mol. The highest BCUT2D eigenvalue weighted by atomic mass is 32.2. The molecule has 0 radical (unpaired) electrons. The molecule has 23 heavy (non-hydrogen) atoms. The number of amides is 1. The van der Waals surface area contributed by atoms with Crippen LogP contribution in [-0.4, -0.2) is 38.5 Å². The monoisotopic (exact) mass is 342 g/mol. The number of hydrogen-bond acceptors (Lipinski definition) is 4. The number of sulfonamides is 1. The molecule has 0 fully saturated rings. The summed E-state index contributed by atoms with van der Waals surface area (Å²) in [6.45, 7) is 5.03. The number of carboxylic acids is 1. The van der Waals surface area contributed by atoms with Crippen LogP contribution in [0.4, 0.5) is 5.69 Å². The van der Waals surface area contributed by atoms with Crippen LogP contribution < -0.4 is 9.62 Å². The van der Waals surface area contributed by atoms with Crippen molar-refractivity contribution in [1.29, 1.82) is 0 Å². The first-order valence-corrected chi connectivity index (χ1v) is 8.62. The third-order valence-corrected chi connectivity index (χ3v) is 4.80. The van der Waals surface area contributed by atoms with E-state index in [1.165, 1.54) is 36.1 Å². The number of carbonyl (C=O) groups is 2. The second-order valence-corrected chi connectivity index (χ2v) is 7.43. The summed E-state index contributed by atoms with van der Waals surface area (Å²) in [5.74, 6) is -1.36. The minimum Gasteiger partial charge on any atom is -0.480 e. The molecule has 0 saturated heterocycles. The molecule has 0 aliphatic rings. The largest absolute Gasteiger partial charge is 0.480 e. The maximum atomic E-state index is 12.3. The lowest BCUT2D eigenvalue weighted by molar-refractivity contribution is -0.139. The number of carboxylic acid groups (broad SMARTS) is 1. The molecule has 0 aliphatic heterocycles. The van der Waals surface area contributed by atoms with Crippen LogP contribution in [0.1, 0.15) is 27.2 Å². The molecule has 0 aliphatic carbocycles. The van der Waals surface area contributed by atoms with Crippen LogP contribution >= 0.6 is 0 Å². The van der Waals surface area contributed by atoms with Crippen molar-refractivity contribution in [1.82, 2.24) is 4.72 Å². The van der Waals surface area contributed by atoms with Gasteiger partial charge in [0.2, 0.25) is 15.9 Å². The maximum absolute atomic E-state index is 12.3. The van der Waals surface area contributed by atoms with Crippen molar-refractivity contribution < 1.29 is 23.1 Å². The molecule has 0 unspecified atom stereocenters. The molecule has 1 aromatic rings. The molecule has 0 spiro atoms. The number of benzene rings is 1. The van der Waals surface area contributed by atoms with Crippen LogP contribution in [0.2, 0.25) is 0 Å². The predicted octanol–water partition coefficient (Wildman–Crippen LogP) is 1.45. The van der Waals surface area contributed by atoms with Gasteiger partial charge in [-0.2, -0.15) is 4.72 Å². The second-order valence-electron chi connectivity index (χ2n) is 5.71. The van der Waals surface area contributed by atoms with Gasteiger partial charge in [0.15, 0.2) is 0 Å². The van der Waals surface area contributed by atoms with Crippen LogP contribution in [0.15, 0.2) is 29.2 Å². The Morgan fingerprint density at radius 2 is 1.74 bits per heavy atom. The van der Waals surface area contributed by atoms with Gasteiger partial charge in [-0.05, 0) is 36.6 Å². The number of rotatable bonds is 7. The van der Waals surface area contributed by atoms with Gasteiger partial charge >= 0.3 is 5.97 Å². The fourth-order valence-electron chi connectivity index (χ4n) is 1.96. The van der Waals surface area contributed by atoms with E-state index in [-0.39, 0.29) is 23.1 Å². The van der Waals surface area contributed by atoms with Gasteiger partial charge in [-0.25, -0.2) is 8.42 Å². The maximum Gasteiger partial charge on any atom is 0.321 e. The summed E-state index contributed by atoms with van der Waals surface area (Å²) in [6, 6.07) is 4.48. The van der Waals surface area contributed by atoms with E-state index in [1.54, 1.807) is 7.05 Å². The van der Waals surface area contributed by atoms with E-state index in [4.69, 9.17) is 5.11 Å². The lowest BCUT2D eigenvalue weighted by Crippen LogP contribution is -2.41. The van der Waals surface area contributed by atoms with Gasteiger partial charge in [0.05, 0.1) is 4.90 Å². The molecule has 8 heteroatoms. The van der Waals surface area contributed by atoms with Gasteiger partial charge in [0.1, 0.15) is 6.04 Å². The first-order valence-electron chi connectivity index (χ1n) is 7.14. The van der Waals surface area contributed by atoms with Gasteiger partial charge in [-0.1, -0.05) is 13.8 Å². The third-order valence-electron chi connectivity index (χ3n) is 3.31. The van der Waals surface area contributed by atoms with Crippen LogP contribution in [0.5, 0.6) is 0 Å². The Balaban J connectivity index is 2.99. The van der Waals surface area contributed by atoms with E-state index in [0.717, 1.165) is 0 Å². The highest BCUT2D eigenvalue weighted by Crippen LogP contribution is 2.18. The number of hydrogen-bond donors (Lipinski definition) is 2. The van der Waals surface area contributed by atoms with E-state index >= 15 is 0 Å². The standard InChI is InChI=1S/C15H22N2O5S/c1-10(2)9-14(15(19)20)16-23(21,22)13-7-5-12(6-8-13)17(4)11(3)18/h5-8,10,14,16H,9H2,1-4H3,(H,19,20)/t14-/m1/s1. The van der Waals surface area contributed by atoms with E-state index in [9.17, 15) is 18.0 Å². The Labute approximate surface area is 136 Å². The average Bonchev–Trinajstić information content (AvgIpc) is 2.45. The topological polar surface area (TPSA) is 104 Å². The number of aliphatic carboxylic acids is 1. The highest BCUT2D eigenvalue weighted by molar-refractivity contribution is 7.89. The van der Waals surface area contributed by atoms with E-state index in [2.05, 4.69) is 4.72 Å². The minimum absolute atomic E-state index is 0.0328. The second kappa shape index (κ2) is 7.56. The van der Waals surface area contributed by atoms with Gasteiger partial charge in [-0.15, -0.1) is 0 Å². The summed E-state index contributed by atoms with van der Waals surface area (Å²) in [5, 5.41) is 9.14. The van der Waals surface area contributed by atoms with E-state index in [1.807, 2.05) is 13.8 Å². The smallest absolute Gasteiger partial charge is 0.321 e. The summed E-state index contributed by atoms with van der Waals surface area (Å²) < 4.78 is 26.8. The normalized spacial score (nSPS) is 12.9. The lowest BCUT2D eigenvalue weighted by atomic mass is 10.1. The summed E-state index contributed by atoms with van der Waals surface area (Å²) in [4.78, 5) is 23.8. The van der Waals surface area contributed by atoms with Crippen molar-refractivity contribution in [3.8, 4) is 0 Å². The summed E-state index contributed by atoms with van der Waals surface area (Å²) in [7, 11) is -2.37. The zero-order valence-corrected chi connectivity index (χ0v) is 14.4. The van der Waals surface area contributed by atoms with Crippen molar-refractivity contribution in [3.63, 3.8) is 0 Å². The molecule has 7 nitrogen and oxygen atoms in total. The molecule has 1 amide bonds. The first-order chi connectivity index (χ1) is 10.5. The van der Waals surface area contributed by atoms with Crippen LogP contribution in [0.3, 0.4) is 0 Å². The lowest BCUT2D eigenvalue weighted by Gasteiger charge is -2.18. The number of carbonyl (C=O) groups excluding carboxylic acids is 1. The van der Waals surface area contributed by atoms with E-state index in [0.29, 0.717) is 5.69 Å². The highest BCUT2D eigenvalue weighted by Gasteiger charge is 2.26. The van der Waals surface area contributed by atoms with Crippen LogP contribution in [0.25, 0.3) is 0 Å². The van der Waals surface area contributed by atoms with Crippen LogP contribution in [0, 0.1) is 5.92 Å². The minimum atomic E-state index is -3.95. The molecule has 0 bridgehead atoms. The fraction of sp³-hybridized carbons (Fsp3) is 0.467. The van der Waals surface area contributed by atoms with Gasteiger partial charge in [0, 0.05) is 19.7 Å². The molecule has 1 rings (SSSR count). The Kier molecular flexibility index (Phi) is 6.28. The zero-order chi connectivity index (χ0) is 17.8. The SMILES string of the molecule is CC(=O)N(C)c1ccc(S(=O)(=O)N[C@H](CC(C)C)C(=O)O)cc1. The summed E-state index contributed by atoms with van der Waals surface area (Å²) in [5.41, 5.74) is 0.549.